The molecule has 10 aromatic carbocycles. The summed E-state index contributed by atoms with van der Waals surface area (Å²) >= 11 is 0. The van der Waals surface area contributed by atoms with E-state index < -0.39 is 325 Å². The summed E-state index contributed by atoms with van der Waals surface area (Å²) < 4.78 is 60.4. The van der Waals surface area contributed by atoms with Gasteiger partial charge in [0.05, 0.1) is 55.6 Å². The molecule has 46 heteroatoms. The number of rotatable bonds is 21. The summed E-state index contributed by atoms with van der Waals surface area (Å²) in [6, 6.07) is 8.56. The highest BCUT2D eigenvalue weighted by atomic mass is 16.8. The first-order chi connectivity index (χ1) is 57.4. The van der Waals surface area contributed by atoms with Crippen molar-refractivity contribution in [3.63, 3.8) is 0 Å². The lowest BCUT2D eigenvalue weighted by atomic mass is 9.97. The normalized spacial score (nSPS) is 14.6. The molecule has 1 aliphatic heterocycles. The maximum absolute atomic E-state index is 15.3. The van der Waals surface area contributed by atoms with Gasteiger partial charge in [-0.1, -0.05) is 0 Å². The van der Waals surface area contributed by atoms with Crippen molar-refractivity contribution in [1.82, 2.24) is 0 Å². The number of hydrogen-bond donors (Lipinski definition) is 25. The third-order valence-corrected chi connectivity index (χ3v) is 16.9. The van der Waals surface area contributed by atoms with Crippen LogP contribution in [0.3, 0.4) is 0 Å². The van der Waals surface area contributed by atoms with E-state index in [1.807, 2.05) is 0 Å². The first-order valence-corrected chi connectivity index (χ1v) is 33.2. The highest BCUT2D eigenvalue weighted by Gasteiger charge is 2.55. The topological polar surface area (TPSA) is 778 Å². The lowest BCUT2D eigenvalue weighted by molar-refractivity contribution is -0.282. The van der Waals surface area contributed by atoms with Crippen LogP contribution in [0.2, 0.25) is 0 Å². The number of benzene rings is 10. The fourth-order valence-corrected chi connectivity index (χ4v) is 10.8. The molecule has 0 radical (unpaired) electrons. The van der Waals surface area contributed by atoms with Crippen LogP contribution in [0.25, 0.3) is 0 Å². The second-order valence-electron chi connectivity index (χ2n) is 25.1. The lowest BCUT2D eigenvalue weighted by Gasteiger charge is -2.43. The molecule has 632 valence electrons. The molecule has 1 fully saturated rings. The molecule has 5 atom stereocenters. The van der Waals surface area contributed by atoms with Crippen LogP contribution in [0.5, 0.6) is 172 Å². The van der Waals surface area contributed by atoms with Crippen molar-refractivity contribution in [3.05, 3.63) is 177 Å². The molecule has 0 unspecified atom stereocenters. The molecule has 25 N–H and O–H groups in total. The van der Waals surface area contributed by atoms with Gasteiger partial charge in [0.2, 0.25) is 41.1 Å². The molecule has 10 aromatic rings. The Bertz CT molecular complexity index is 5970. The molecule has 0 bridgehead atoms. The maximum atomic E-state index is 15.3. The van der Waals surface area contributed by atoms with Gasteiger partial charge < -0.3 is 180 Å². The molecule has 1 saturated heterocycles. The van der Waals surface area contributed by atoms with Gasteiger partial charge in [-0.25, -0.2) is 47.9 Å². The van der Waals surface area contributed by atoms with Crippen LogP contribution in [0.15, 0.2) is 121 Å². The molecule has 0 saturated carbocycles. The highest BCUT2D eigenvalue weighted by Crippen LogP contribution is 2.48. The number of carbonyl (C=O) groups excluding carboxylic acids is 10. The van der Waals surface area contributed by atoms with Crippen LogP contribution in [-0.4, -0.2) is 225 Å². The van der Waals surface area contributed by atoms with Crippen molar-refractivity contribution in [1.29, 1.82) is 0 Å². The zero-order valence-electron chi connectivity index (χ0n) is 59.9. The van der Waals surface area contributed by atoms with Crippen LogP contribution < -0.4 is 23.7 Å². The van der Waals surface area contributed by atoms with E-state index in [1.165, 1.54) is 0 Å². The summed E-state index contributed by atoms with van der Waals surface area (Å²) in [5.74, 6) is -56.0. The molecule has 0 spiro atoms. The fraction of sp³-hybridized carbons (Fsp3) is 0.0789. The standard InChI is InChI=1S/C76H52O46/c77-32-1-22(2-33(78)53(32)92)67(103)113-47-16-27(11-42(87)58(47)97)66(102)112-21-52-63(119-72(108)28-12-43(88)59(98)48(17-28)114-68(104)23-3-34(79)54(93)35(80)4-23)64(120-73(109)29-13-44(89)60(99)49(18-29)115-69(105)24-5-36(81)55(94)37(82)6-24)65(121-74(110)30-14-45(90)61(100)50(19-30)116-70(106)25-7-38(83)56(95)39(84)8-25)76(118-52)122-75(111)31-15-46(91)62(101)51(20-31)117-71(107)26-9-40(85)57(96)41(86)10-26/h1-20,52,63-65,76-101H,21H2/t52-,63-,64+,65-,76+/m0/s1. The van der Waals surface area contributed by atoms with Crippen molar-refractivity contribution in [3.8, 4) is 172 Å². The van der Waals surface area contributed by atoms with Gasteiger partial charge in [-0.15, -0.1) is 0 Å². The van der Waals surface area contributed by atoms with Crippen molar-refractivity contribution in [2.75, 3.05) is 6.61 Å². The van der Waals surface area contributed by atoms with Crippen LogP contribution in [0, 0.1) is 0 Å². The molecule has 0 amide bonds. The Morgan fingerprint density at radius 1 is 0.205 bits per heavy atom. The van der Waals surface area contributed by atoms with Gasteiger partial charge in [-0.3, -0.25) is 0 Å². The van der Waals surface area contributed by atoms with E-state index in [9.17, 15) is 161 Å². The van der Waals surface area contributed by atoms with E-state index in [1.54, 1.807) is 0 Å². The average Bonchev–Trinajstić information content (AvgIpc) is 0.764. The molecule has 46 nitrogen and oxygen atoms in total. The van der Waals surface area contributed by atoms with Gasteiger partial charge in [0.25, 0.3) is 0 Å². The van der Waals surface area contributed by atoms with Crippen LogP contribution in [-0.2, 0) is 28.4 Å². The Kier molecular flexibility index (Phi) is 23.2. The number of aromatic hydroxyl groups is 25. The van der Waals surface area contributed by atoms with E-state index in [0.717, 1.165) is 0 Å². The SMILES string of the molecule is O=C(OC[C@@H]1O[C@H](OC(=O)c2cc(O)c(O)c(OC(=O)c3cc(O)c(O)c(O)c3)c2)[C@@H](OC(=O)c2cc(O)c(O)c(OC(=O)c3cc(O)c(O)c(O)c3)c2)[C@H](OC(=O)c2cc(O)c(O)c(OC(=O)c3cc(O)c(O)c(O)c3)c2)[C@H]1OC(=O)c1cc(O)c(O)c(OC(=O)c2cc(O)c(O)c(O)c2)c1)c1cc(O)c(O)c(OC(=O)c2cc(O)c(O)c(O)c2)c1. The Hall–Kier alpha value is -18.1. The van der Waals surface area contributed by atoms with Crippen molar-refractivity contribution < 1.29 is 228 Å². The average molecular weight is 1700 g/mol. The Morgan fingerprint density at radius 2 is 0.377 bits per heavy atom. The second kappa shape index (κ2) is 33.4. The third-order valence-electron chi connectivity index (χ3n) is 16.9. The second-order valence-corrected chi connectivity index (χ2v) is 25.1. The molecule has 0 aromatic heterocycles. The number of phenolic OH excluding ortho intramolecular Hbond substituents is 25. The highest BCUT2D eigenvalue weighted by molar-refractivity contribution is 6.00. The number of ether oxygens (including phenoxy) is 11. The Balaban J connectivity index is 1.09. The predicted molar refractivity (Wildman–Crippen MR) is 383 cm³/mol. The van der Waals surface area contributed by atoms with E-state index in [2.05, 4.69) is 0 Å². The number of esters is 10. The summed E-state index contributed by atoms with van der Waals surface area (Å²) in [5, 5.41) is 261. The Morgan fingerprint density at radius 3 is 0.598 bits per heavy atom. The molecule has 1 aliphatic rings. The maximum Gasteiger partial charge on any atom is 0.343 e. The summed E-state index contributed by atoms with van der Waals surface area (Å²) in [6.07, 6.45) is -15.1. The molecular formula is C76H52O46. The van der Waals surface area contributed by atoms with Gasteiger partial charge in [-0.2, -0.15) is 0 Å². The van der Waals surface area contributed by atoms with Gasteiger partial charge in [-0.05, 0) is 121 Å². The Labute approximate surface area is 671 Å². The van der Waals surface area contributed by atoms with E-state index in [0.29, 0.717) is 121 Å². The number of hydrogen-bond acceptors (Lipinski definition) is 46. The summed E-state index contributed by atoms with van der Waals surface area (Å²) in [4.78, 5) is 142. The van der Waals surface area contributed by atoms with E-state index in [4.69, 9.17) is 52.1 Å². The number of carbonyl (C=O) groups is 10. The number of phenols is 25. The van der Waals surface area contributed by atoms with Gasteiger partial charge in [0.1, 0.15) is 12.7 Å². The minimum Gasteiger partial charge on any atom is -0.504 e. The largest absolute Gasteiger partial charge is 0.504 e. The smallest absolute Gasteiger partial charge is 0.343 e. The first kappa shape index (κ1) is 84.8. The zero-order valence-corrected chi connectivity index (χ0v) is 59.9. The molecule has 11 rings (SSSR count). The van der Waals surface area contributed by atoms with Gasteiger partial charge >= 0.3 is 59.7 Å². The summed E-state index contributed by atoms with van der Waals surface area (Å²) in [6.45, 7) is -1.71. The zero-order chi connectivity index (χ0) is 89.4. The summed E-state index contributed by atoms with van der Waals surface area (Å²) in [7, 11) is 0. The monoisotopic (exact) mass is 1700 g/mol. The first-order valence-electron chi connectivity index (χ1n) is 33.2. The quantitative estimate of drug-likeness (QED) is 0.0198. The van der Waals surface area contributed by atoms with Gasteiger partial charge in [0.15, 0.2) is 156 Å². The molecule has 0 aliphatic carbocycles. The minimum absolute atomic E-state index is 0.295. The van der Waals surface area contributed by atoms with Crippen LogP contribution in [0.1, 0.15) is 104 Å². The van der Waals surface area contributed by atoms with Crippen LogP contribution >= 0.6 is 0 Å². The minimum atomic E-state index is -3.12. The lowest BCUT2D eigenvalue weighted by Crippen LogP contribution is -2.63. The van der Waals surface area contributed by atoms with Crippen LogP contribution in [0.4, 0.5) is 0 Å². The van der Waals surface area contributed by atoms with Crippen molar-refractivity contribution in [2.24, 2.45) is 0 Å². The predicted octanol–water partition coefficient (Wildman–Crippen LogP) is 4.84. The molecule has 1 heterocycles. The molecule has 122 heavy (non-hydrogen) atoms. The van der Waals surface area contributed by atoms with E-state index >= 15 is 14.4 Å². The fourth-order valence-electron chi connectivity index (χ4n) is 10.8. The van der Waals surface area contributed by atoms with Crippen molar-refractivity contribution >= 4 is 59.7 Å². The molecular weight excluding hydrogens is 1650 g/mol. The van der Waals surface area contributed by atoms with Crippen molar-refractivity contribution in [2.45, 2.75) is 30.7 Å². The van der Waals surface area contributed by atoms with E-state index in [-0.39, 0.29) is 0 Å². The summed E-state index contributed by atoms with van der Waals surface area (Å²) in [5.41, 5.74) is -9.89. The van der Waals surface area contributed by atoms with Gasteiger partial charge in [0, 0.05) is 0 Å². The third kappa shape index (κ3) is 17.6.